The highest BCUT2D eigenvalue weighted by molar-refractivity contribution is 6.04. The van der Waals surface area contributed by atoms with E-state index in [9.17, 15) is 18.8 Å². The van der Waals surface area contributed by atoms with Crippen LogP contribution in [0.15, 0.2) is 100 Å². The highest BCUT2D eigenvalue weighted by Gasteiger charge is 2.33. The quantitative estimate of drug-likeness (QED) is 0.383. The zero-order valence-electron chi connectivity index (χ0n) is 18.5. The monoisotopic (exact) mass is 475 g/mol. The van der Waals surface area contributed by atoms with Gasteiger partial charge in [-0.05, 0) is 48.0 Å². The lowest BCUT2D eigenvalue weighted by atomic mass is 10.0. The minimum absolute atomic E-state index is 0.0332. The number of anilines is 1. The van der Waals surface area contributed by atoms with Crippen LogP contribution in [0.3, 0.4) is 0 Å². The Morgan fingerprint density at radius 2 is 1.63 bits per heavy atom. The van der Waals surface area contributed by atoms with Gasteiger partial charge in [0.2, 0.25) is 11.8 Å². The molecule has 35 heavy (non-hydrogen) atoms. The van der Waals surface area contributed by atoms with Crippen molar-refractivity contribution >= 4 is 23.4 Å². The van der Waals surface area contributed by atoms with Gasteiger partial charge in [-0.15, -0.1) is 0 Å². The zero-order chi connectivity index (χ0) is 24.6. The fourth-order valence-corrected chi connectivity index (χ4v) is 3.54. The van der Waals surface area contributed by atoms with E-state index in [1.54, 1.807) is 48.5 Å². The van der Waals surface area contributed by atoms with E-state index in [1.807, 2.05) is 0 Å². The van der Waals surface area contributed by atoms with Crippen molar-refractivity contribution in [3.63, 3.8) is 0 Å². The summed E-state index contributed by atoms with van der Waals surface area (Å²) in [6, 6.07) is 19.2. The molecule has 1 unspecified atom stereocenters. The predicted molar refractivity (Wildman–Crippen MR) is 125 cm³/mol. The van der Waals surface area contributed by atoms with Gasteiger partial charge in [-0.2, -0.15) is 0 Å². The molecular formula is C26H22FN3O5. The van der Waals surface area contributed by atoms with Crippen molar-refractivity contribution in [2.24, 2.45) is 0 Å². The maximum atomic E-state index is 14.2. The molecule has 0 bridgehead atoms. The molecule has 0 fully saturated rings. The van der Waals surface area contributed by atoms with Crippen molar-refractivity contribution in [1.29, 1.82) is 0 Å². The molecule has 3 amide bonds. The summed E-state index contributed by atoms with van der Waals surface area (Å²) in [6.45, 7) is -0.361. The van der Waals surface area contributed by atoms with E-state index in [2.05, 4.69) is 10.6 Å². The summed E-state index contributed by atoms with van der Waals surface area (Å²) < 4.78 is 24.5. The molecule has 2 aromatic heterocycles. The smallest absolute Gasteiger partial charge is 0.287 e. The number of halogens is 1. The molecular weight excluding hydrogens is 453 g/mol. The third kappa shape index (κ3) is 5.83. The molecule has 4 aromatic rings. The second kappa shape index (κ2) is 11.0. The van der Waals surface area contributed by atoms with Crippen LogP contribution in [-0.4, -0.2) is 24.3 Å². The lowest BCUT2D eigenvalue weighted by Crippen LogP contribution is -2.47. The maximum Gasteiger partial charge on any atom is 0.287 e. The molecule has 0 saturated heterocycles. The first-order chi connectivity index (χ1) is 17.0. The largest absolute Gasteiger partial charge is 0.467 e. The van der Waals surface area contributed by atoms with Gasteiger partial charge in [0.1, 0.15) is 17.6 Å². The summed E-state index contributed by atoms with van der Waals surface area (Å²) in [7, 11) is 0. The summed E-state index contributed by atoms with van der Waals surface area (Å²) in [4.78, 5) is 40.3. The zero-order valence-corrected chi connectivity index (χ0v) is 18.5. The first-order valence-corrected chi connectivity index (χ1v) is 10.8. The summed E-state index contributed by atoms with van der Waals surface area (Å²) in [5.74, 6) is -1.76. The molecule has 2 aromatic carbocycles. The summed E-state index contributed by atoms with van der Waals surface area (Å²) in [5, 5.41) is 5.25. The van der Waals surface area contributed by atoms with Crippen molar-refractivity contribution < 1.29 is 27.6 Å². The SMILES string of the molecule is O=C(NCC(=O)N(c1cccc(F)c1)C(C(=O)NCc1ccco1)c1ccccc1)c1ccco1. The highest BCUT2D eigenvalue weighted by atomic mass is 19.1. The number of hydrogen-bond donors (Lipinski definition) is 2. The van der Waals surface area contributed by atoms with Gasteiger partial charge < -0.3 is 19.5 Å². The molecule has 2 N–H and O–H groups in total. The predicted octanol–water partition coefficient (Wildman–Crippen LogP) is 3.83. The van der Waals surface area contributed by atoms with E-state index in [4.69, 9.17) is 8.83 Å². The van der Waals surface area contributed by atoms with E-state index in [0.29, 0.717) is 11.3 Å². The summed E-state index contributed by atoms with van der Waals surface area (Å²) in [6.07, 6.45) is 2.82. The van der Waals surface area contributed by atoms with E-state index in [-0.39, 0.29) is 18.0 Å². The van der Waals surface area contributed by atoms with Crippen molar-refractivity contribution in [3.05, 3.63) is 114 Å². The van der Waals surface area contributed by atoms with Gasteiger partial charge in [0.05, 0.1) is 25.6 Å². The van der Waals surface area contributed by atoms with Crippen LogP contribution in [0, 0.1) is 5.82 Å². The van der Waals surface area contributed by atoms with Gasteiger partial charge in [0.15, 0.2) is 5.76 Å². The number of nitrogens with one attached hydrogen (secondary N) is 2. The number of furan rings is 2. The van der Waals surface area contributed by atoms with Crippen LogP contribution in [-0.2, 0) is 16.1 Å². The molecule has 2 heterocycles. The Hall–Kier alpha value is -4.66. The van der Waals surface area contributed by atoms with Gasteiger partial charge in [0, 0.05) is 5.69 Å². The van der Waals surface area contributed by atoms with Crippen molar-refractivity contribution in [2.75, 3.05) is 11.4 Å². The minimum Gasteiger partial charge on any atom is -0.467 e. The second-order valence-corrected chi connectivity index (χ2v) is 7.51. The highest BCUT2D eigenvalue weighted by Crippen LogP contribution is 2.28. The van der Waals surface area contributed by atoms with Gasteiger partial charge in [-0.25, -0.2) is 4.39 Å². The van der Waals surface area contributed by atoms with Crippen LogP contribution < -0.4 is 15.5 Å². The van der Waals surface area contributed by atoms with E-state index in [0.717, 1.165) is 11.0 Å². The number of amides is 3. The van der Waals surface area contributed by atoms with Crippen molar-refractivity contribution in [2.45, 2.75) is 12.6 Å². The van der Waals surface area contributed by atoms with Gasteiger partial charge in [-0.3, -0.25) is 19.3 Å². The topological polar surface area (TPSA) is 105 Å². The van der Waals surface area contributed by atoms with Crippen LogP contribution in [0.25, 0.3) is 0 Å². The number of rotatable bonds is 9. The Labute approximate surface area is 200 Å². The Morgan fingerprint density at radius 1 is 0.857 bits per heavy atom. The van der Waals surface area contributed by atoms with Crippen LogP contribution in [0.2, 0.25) is 0 Å². The van der Waals surface area contributed by atoms with E-state index >= 15 is 0 Å². The Bertz CT molecular complexity index is 1270. The van der Waals surface area contributed by atoms with Crippen LogP contribution in [0.1, 0.15) is 27.9 Å². The number of nitrogens with zero attached hydrogens (tertiary/aromatic N) is 1. The van der Waals surface area contributed by atoms with Crippen LogP contribution >= 0.6 is 0 Å². The standard InChI is InChI=1S/C26H22FN3O5/c27-19-9-4-10-20(15-19)30(23(31)17-29-25(32)22-12-6-14-35-22)24(18-7-2-1-3-8-18)26(33)28-16-21-11-5-13-34-21/h1-15,24H,16-17H2,(H,28,33)(H,29,32). The first kappa shape index (κ1) is 23.5. The van der Waals surface area contributed by atoms with Gasteiger partial charge in [-0.1, -0.05) is 36.4 Å². The van der Waals surface area contributed by atoms with E-state index < -0.39 is 36.1 Å². The number of benzene rings is 2. The average molecular weight is 475 g/mol. The molecule has 0 saturated carbocycles. The fourth-order valence-electron chi connectivity index (χ4n) is 3.54. The number of carbonyl (C=O) groups is 3. The lowest BCUT2D eigenvalue weighted by Gasteiger charge is -2.31. The molecule has 8 nitrogen and oxygen atoms in total. The normalized spacial score (nSPS) is 11.5. The Morgan fingerprint density at radius 3 is 2.31 bits per heavy atom. The van der Waals surface area contributed by atoms with Crippen molar-refractivity contribution in [1.82, 2.24) is 10.6 Å². The molecule has 178 valence electrons. The third-order valence-electron chi connectivity index (χ3n) is 5.14. The minimum atomic E-state index is -1.15. The fraction of sp³-hybridized carbons (Fsp3) is 0.115. The average Bonchev–Trinajstić information content (AvgIpc) is 3.59. The molecule has 1 atom stereocenters. The molecule has 0 radical (unpaired) electrons. The number of hydrogen-bond acceptors (Lipinski definition) is 5. The number of carbonyl (C=O) groups excluding carboxylic acids is 3. The van der Waals surface area contributed by atoms with Crippen LogP contribution in [0.5, 0.6) is 0 Å². The lowest BCUT2D eigenvalue weighted by molar-refractivity contribution is -0.126. The molecule has 0 aliphatic rings. The Kier molecular flexibility index (Phi) is 7.37. The maximum absolute atomic E-state index is 14.2. The summed E-state index contributed by atoms with van der Waals surface area (Å²) in [5.41, 5.74) is 0.656. The molecule has 4 rings (SSSR count). The third-order valence-corrected chi connectivity index (χ3v) is 5.14. The molecule has 0 spiro atoms. The molecule has 0 aliphatic carbocycles. The van der Waals surface area contributed by atoms with Crippen LogP contribution in [0.4, 0.5) is 10.1 Å². The van der Waals surface area contributed by atoms with Gasteiger partial charge >= 0.3 is 0 Å². The second-order valence-electron chi connectivity index (χ2n) is 7.51. The first-order valence-electron chi connectivity index (χ1n) is 10.8. The van der Waals surface area contributed by atoms with Crippen molar-refractivity contribution in [3.8, 4) is 0 Å². The summed E-state index contributed by atoms with van der Waals surface area (Å²) >= 11 is 0. The van der Waals surface area contributed by atoms with Gasteiger partial charge in [0.25, 0.3) is 5.91 Å². The molecule has 9 heteroatoms. The molecule has 0 aliphatic heterocycles. The van der Waals surface area contributed by atoms with E-state index in [1.165, 1.54) is 36.8 Å². The Balaban J connectivity index is 1.65.